The molecule has 4 rings (SSSR count). The first kappa shape index (κ1) is 17.5. The van der Waals surface area contributed by atoms with Crippen LogP contribution in [0.2, 0.25) is 0 Å². The molecular weight excluding hydrogens is 338 g/mol. The van der Waals surface area contributed by atoms with Crippen LogP contribution < -0.4 is 0 Å². The maximum absolute atomic E-state index is 12.7. The highest BCUT2D eigenvalue weighted by molar-refractivity contribution is 5.92. The molecular formula is C21H25N5O. The van der Waals surface area contributed by atoms with Crippen molar-refractivity contribution in [1.29, 1.82) is 0 Å². The van der Waals surface area contributed by atoms with Crippen molar-refractivity contribution in [3.05, 3.63) is 59.7 Å². The summed E-state index contributed by atoms with van der Waals surface area (Å²) in [6.45, 7) is 5.55. The molecule has 6 heteroatoms. The summed E-state index contributed by atoms with van der Waals surface area (Å²) in [5.41, 5.74) is 3.83. The van der Waals surface area contributed by atoms with Gasteiger partial charge >= 0.3 is 0 Å². The summed E-state index contributed by atoms with van der Waals surface area (Å²) in [6, 6.07) is 12.5. The third kappa shape index (κ3) is 3.27. The third-order valence-electron chi connectivity index (χ3n) is 5.46. The summed E-state index contributed by atoms with van der Waals surface area (Å²) >= 11 is 0. The number of piperidine rings is 1. The Hall–Kier alpha value is -2.89. The molecule has 0 N–H and O–H groups in total. The van der Waals surface area contributed by atoms with Crippen molar-refractivity contribution in [3.63, 3.8) is 0 Å². The SMILES string of the molecule is Cc1cc(C(=O)N2CCC(n3c(C)cnc3-c3ccccc3)CC2)nn1C. The number of hydrogen-bond donors (Lipinski definition) is 0. The van der Waals surface area contributed by atoms with Crippen LogP contribution in [0.25, 0.3) is 11.4 Å². The van der Waals surface area contributed by atoms with Gasteiger partial charge in [0, 0.05) is 49.3 Å². The molecule has 1 fully saturated rings. The molecule has 3 heterocycles. The predicted molar refractivity (Wildman–Crippen MR) is 105 cm³/mol. The number of hydrogen-bond acceptors (Lipinski definition) is 3. The Morgan fingerprint density at radius 1 is 1.07 bits per heavy atom. The highest BCUT2D eigenvalue weighted by Gasteiger charge is 2.28. The van der Waals surface area contributed by atoms with Gasteiger partial charge in [0.15, 0.2) is 5.69 Å². The molecule has 0 radical (unpaired) electrons. The Kier molecular flexibility index (Phi) is 4.56. The molecule has 0 bridgehead atoms. The van der Waals surface area contributed by atoms with Crippen molar-refractivity contribution in [1.82, 2.24) is 24.2 Å². The smallest absolute Gasteiger partial charge is 0.274 e. The quantitative estimate of drug-likeness (QED) is 0.717. The highest BCUT2D eigenvalue weighted by Crippen LogP contribution is 2.30. The fourth-order valence-corrected chi connectivity index (χ4v) is 3.86. The molecule has 1 saturated heterocycles. The molecule has 0 atom stereocenters. The minimum Gasteiger partial charge on any atom is -0.337 e. The van der Waals surface area contributed by atoms with E-state index in [4.69, 9.17) is 0 Å². The van der Waals surface area contributed by atoms with Crippen molar-refractivity contribution in [2.45, 2.75) is 32.7 Å². The number of carbonyl (C=O) groups excluding carboxylic acids is 1. The fraction of sp³-hybridized carbons (Fsp3) is 0.381. The number of carbonyl (C=O) groups is 1. The van der Waals surface area contributed by atoms with E-state index in [2.05, 4.69) is 33.7 Å². The lowest BCUT2D eigenvalue weighted by atomic mass is 10.0. The second-order valence-corrected chi connectivity index (χ2v) is 7.28. The van der Waals surface area contributed by atoms with Crippen LogP contribution in [0.15, 0.2) is 42.6 Å². The van der Waals surface area contributed by atoms with E-state index in [1.807, 2.05) is 49.3 Å². The van der Waals surface area contributed by atoms with Gasteiger partial charge in [0.25, 0.3) is 5.91 Å². The molecule has 0 unspecified atom stereocenters. The van der Waals surface area contributed by atoms with Crippen LogP contribution in [-0.2, 0) is 7.05 Å². The first-order chi connectivity index (χ1) is 13.0. The minimum atomic E-state index is 0.0304. The van der Waals surface area contributed by atoms with Crippen LogP contribution in [0, 0.1) is 13.8 Å². The Bertz CT molecular complexity index is 929. The monoisotopic (exact) mass is 363 g/mol. The van der Waals surface area contributed by atoms with Crippen molar-refractivity contribution in [2.24, 2.45) is 7.05 Å². The van der Waals surface area contributed by atoms with Gasteiger partial charge in [-0.2, -0.15) is 5.10 Å². The van der Waals surface area contributed by atoms with E-state index in [0.29, 0.717) is 11.7 Å². The van der Waals surface area contributed by atoms with Gasteiger partial charge in [-0.05, 0) is 32.8 Å². The molecule has 1 aromatic carbocycles. The van der Waals surface area contributed by atoms with Crippen molar-refractivity contribution in [3.8, 4) is 11.4 Å². The van der Waals surface area contributed by atoms with E-state index in [9.17, 15) is 4.79 Å². The van der Waals surface area contributed by atoms with Gasteiger partial charge < -0.3 is 9.47 Å². The molecule has 1 aliphatic heterocycles. The zero-order valence-electron chi connectivity index (χ0n) is 16.1. The zero-order chi connectivity index (χ0) is 19.0. The summed E-state index contributed by atoms with van der Waals surface area (Å²) in [4.78, 5) is 19.3. The van der Waals surface area contributed by atoms with E-state index in [1.165, 1.54) is 5.69 Å². The van der Waals surface area contributed by atoms with Crippen molar-refractivity contribution >= 4 is 5.91 Å². The summed E-state index contributed by atoms with van der Waals surface area (Å²) in [7, 11) is 1.87. The Labute approximate surface area is 159 Å². The lowest BCUT2D eigenvalue weighted by Crippen LogP contribution is -2.39. The first-order valence-electron chi connectivity index (χ1n) is 9.44. The first-order valence-corrected chi connectivity index (χ1v) is 9.44. The zero-order valence-corrected chi connectivity index (χ0v) is 16.1. The Morgan fingerprint density at radius 2 is 1.78 bits per heavy atom. The molecule has 27 heavy (non-hydrogen) atoms. The van der Waals surface area contributed by atoms with Crippen LogP contribution in [-0.4, -0.2) is 43.2 Å². The summed E-state index contributed by atoms with van der Waals surface area (Å²) in [5.74, 6) is 1.04. The summed E-state index contributed by atoms with van der Waals surface area (Å²) in [5, 5.41) is 4.33. The van der Waals surface area contributed by atoms with Gasteiger partial charge in [-0.3, -0.25) is 9.48 Å². The van der Waals surface area contributed by atoms with Crippen LogP contribution in [0.3, 0.4) is 0 Å². The molecule has 0 spiro atoms. The number of aryl methyl sites for hydroxylation is 3. The maximum atomic E-state index is 12.7. The van der Waals surface area contributed by atoms with Crippen molar-refractivity contribution < 1.29 is 4.79 Å². The van der Waals surface area contributed by atoms with E-state index < -0.39 is 0 Å². The van der Waals surface area contributed by atoms with Gasteiger partial charge in [-0.25, -0.2) is 4.98 Å². The van der Waals surface area contributed by atoms with Gasteiger partial charge in [0.2, 0.25) is 0 Å². The Balaban J connectivity index is 1.50. The van der Waals surface area contributed by atoms with E-state index in [0.717, 1.165) is 43.0 Å². The van der Waals surface area contributed by atoms with E-state index in [-0.39, 0.29) is 5.91 Å². The van der Waals surface area contributed by atoms with Gasteiger partial charge in [0.1, 0.15) is 5.82 Å². The molecule has 1 amide bonds. The molecule has 2 aromatic heterocycles. The summed E-state index contributed by atoms with van der Waals surface area (Å²) in [6.07, 6.45) is 3.79. The Morgan fingerprint density at radius 3 is 2.41 bits per heavy atom. The second kappa shape index (κ2) is 7.02. The van der Waals surface area contributed by atoms with Crippen LogP contribution in [0.5, 0.6) is 0 Å². The maximum Gasteiger partial charge on any atom is 0.274 e. The molecule has 0 aliphatic carbocycles. The van der Waals surface area contributed by atoms with Crippen LogP contribution >= 0.6 is 0 Å². The lowest BCUT2D eigenvalue weighted by Gasteiger charge is -2.33. The van der Waals surface area contributed by atoms with E-state index >= 15 is 0 Å². The fourth-order valence-electron chi connectivity index (χ4n) is 3.86. The average Bonchev–Trinajstić information content (AvgIpc) is 3.24. The molecule has 0 saturated carbocycles. The van der Waals surface area contributed by atoms with Gasteiger partial charge in [-0.1, -0.05) is 30.3 Å². The number of rotatable bonds is 3. The van der Waals surface area contributed by atoms with Crippen LogP contribution in [0.1, 0.15) is 40.8 Å². The molecule has 1 aliphatic rings. The number of benzene rings is 1. The highest BCUT2D eigenvalue weighted by atomic mass is 16.2. The third-order valence-corrected chi connectivity index (χ3v) is 5.46. The average molecular weight is 363 g/mol. The van der Waals surface area contributed by atoms with Gasteiger partial charge in [-0.15, -0.1) is 0 Å². The number of amides is 1. The standard InChI is InChI=1S/C21H25N5O/c1-15-13-19(23-24(15)3)21(27)25-11-9-18(10-12-25)26-16(2)14-22-20(26)17-7-5-4-6-8-17/h4-8,13-14,18H,9-12H2,1-3H3. The van der Waals surface area contributed by atoms with Crippen molar-refractivity contribution in [2.75, 3.05) is 13.1 Å². The predicted octanol–water partition coefficient (Wildman–Crippen LogP) is 3.38. The number of likely N-dealkylation sites (tertiary alicyclic amines) is 1. The number of imidazole rings is 1. The number of aromatic nitrogens is 4. The number of nitrogens with zero attached hydrogens (tertiary/aromatic N) is 5. The second-order valence-electron chi connectivity index (χ2n) is 7.28. The molecule has 140 valence electrons. The largest absolute Gasteiger partial charge is 0.337 e. The van der Waals surface area contributed by atoms with Crippen LogP contribution in [0.4, 0.5) is 0 Å². The lowest BCUT2D eigenvalue weighted by molar-refractivity contribution is 0.0688. The van der Waals surface area contributed by atoms with E-state index in [1.54, 1.807) is 4.68 Å². The topological polar surface area (TPSA) is 56.0 Å². The summed E-state index contributed by atoms with van der Waals surface area (Å²) < 4.78 is 4.09. The molecule has 3 aromatic rings. The molecule has 6 nitrogen and oxygen atoms in total. The van der Waals surface area contributed by atoms with Gasteiger partial charge in [0.05, 0.1) is 0 Å². The minimum absolute atomic E-state index is 0.0304. The normalized spacial score (nSPS) is 15.3.